The van der Waals surface area contributed by atoms with Gasteiger partial charge in [0.1, 0.15) is 74.8 Å². The Bertz CT molecular complexity index is 2780. The lowest BCUT2D eigenvalue weighted by Crippen LogP contribution is -2.68. The molecular formula is C43H39NO18. The highest BCUT2D eigenvalue weighted by atomic mass is 16.7. The van der Waals surface area contributed by atoms with Gasteiger partial charge in [0, 0.05) is 48.4 Å². The highest BCUT2D eigenvalue weighted by Crippen LogP contribution is 2.48. The van der Waals surface area contributed by atoms with Crippen molar-refractivity contribution in [3.63, 3.8) is 0 Å². The highest BCUT2D eigenvalue weighted by Gasteiger charge is 2.57. The van der Waals surface area contributed by atoms with E-state index < -0.39 is 94.6 Å². The Morgan fingerprint density at radius 3 is 1.94 bits per heavy atom. The molecule has 7 rings (SSSR count). The summed E-state index contributed by atoms with van der Waals surface area (Å²) in [5.74, 6) is -7.30. The van der Waals surface area contributed by atoms with Gasteiger partial charge in [-0.25, -0.2) is 4.79 Å². The van der Waals surface area contributed by atoms with Gasteiger partial charge in [-0.15, -0.1) is 0 Å². The number of phenols is 2. The summed E-state index contributed by atoms with van der Waals surface area (Å²) in [5.41, 5.74) is -0.838. The maximum Gasteiger partial charge on any atom is 0.377 e. The number of hydrogen-bond acceptors (Lipinski definition) is 17. The molecule has 6 atom stereocenters. The number of amides is 1. The Balaban J connectivity index is 1.34. The number of carboxylic acids is 1. The van der Waals surface area contributed by atoms with E-state index in [0.717, 1.165) is 25.1 Å². The molecule has 8 N–H and O–H groups in total. The normalized spacial score (nSPS) is 19.7. The number of carbonyl (C=O) groups excluding carboxylic acids is 1. The first-order chi connectivity index (χ1) is 29.6. The molecule has 1 aliphatic rings. The predicted octanol–water partition coefficient (Wildman–Crippen LogP) is 2.98. The monoisotopic (exact) mass is 857 g/mol. The summed E-state index contributed by atoms with van der Waals surface area (Å²) in [7, 11) is 2.84. The van der Waals surface area contributed by atoms with Gasteiger partial charge in [-0.1, -0.05) is 0 Å². The zero-order valence-electron chi connectivity index (χ0n) is 32.9. The van der Waals surface area contributed by atoms with E-state index in [1.54, 1.807) is 24.3 Å². The van der Waals surface area contributed by atoms with Crippen molar-refractivity contribution in [2.75, 3.05) is 20.8 Å². The number of aliphatic hydroxyl groups excluding tert-OH is 4. The van der Waals surface area contributed by atoms with Crippen molar-refractivity contribution >= 4 is 33.8 Å². The number of carboxylic acid groups (broad SMARTS) is 1. The first-order valence-corrected chi connectivity index (χ1v) is 18.7. The molecule has 0 unspecified atom stereocenters. The van der Waals surface area contributed by atoms with Gasteiger partial charge in [0.05, 0.1) is 39.4 Å². The number of ether oxygens (including phenoxy) is 5. The van der Waals surface area contributed by atoms with E-state index in [-0.39, 0.29) is 45.3 Å². The van der Waals surface area contributed by atoms with Gasteiger partial charge in [-0.3, -0.25) is 14.4 Å². The molecule has 6 aromatic rings. The second-order valence-corrected chi connectivity index (χ2v) is 14.2. The number of phenolic OH excluding ortho intramolecular Hbond substituents is 2. The van der Waals surface area contributed by atoms with Crippen molar-refractivity contribution < 1.29 is 77.9 Å². The van der Waals surface area contributed by atoms with E-state index in [2.05, 4.69) is 5.32 Å². The van der Waals surface area contributed by atoms with E-state index in [0.29, 0.717) is 16.9 Å². The Morgan fingerprint density at radius 2 is 1.39 bits per heavy atom. The van der Waals surface area contributed by atoms with Gasteiger partial charge in [0.25, 0.3) is 0 Å². The molecule has 19 heteroatoms. The van der Waals surface area contributed by atoms with Crippen LogP contribution in [0.5, 0.6) is 40.2 Å². The summed E-state index contributed by atoms with van der Waals surface area (Å²) in [6.45, 7) is 0.0536. The Labute approximate surface area is 349 Å². The number of aliphatic hydroxyl groups is 4. The van der Waals surface area contributed by atoms with Gasteiger partial charge >= 0.3 is 11.8 Å². The van der Waals surface area contributed by atoms with Crippen LogP contribution in [0.1, 0.15) is 13.3 Å². The maximum atomic E-state index is 13.7. The number of hydrogen-bond donors (Lipinski definition) is 8. The average molecular weight is 858 g/mol. The fraction of sp³-hybridized carbons (Fsp3) is 0.256. The number of aromatic hydroxyl groups is 2. The molecule has 0 saturated carbocycles. The average Bonchev–Trinajstić information content (AvgIpc) is 3.24. The third kappa shape index (κ3) is 8.17. The summed E-state index contributed by atoms with van der Waals surface area (Å²) in [5, 5.41) is 76.8. The first kappa shape index (κ1) is 42.9. The molecule has 1 aliphatic heterocycles. The molecule has 3 heterocycles. The third-order valence-electron chi connectivity index (χ3n) is 10.1. The van der Waals surface area contributed by atoms with Gasteiger partial charge in [-0.2, -0.15) is 0 Å². The maximum absolute atomic E-state index is 13.7. The third-order valence-corrected chi connectivity index (χ3v) is 10.1. The molecule has 4 aromatic carbocycles. The van der Waals surface area contributed by atoms with Crippen molar-refractivity contribution in [2.45, 2.75) is 49.6 Å². The minimum atomic E-state index is -2.98. The molecule has 0 bridgehead atoms. The van der Waals surface area contributed by atoms with E-state index in [4.69, 9.17) is 32.5 Å². The molecule has 1 amide bonds. The fourth-order valence-corrected chi connectivity index (χ4v) is 7.05. The second kappa shape index (κ2) is 17.1. The largest absolute Gasteiger partial charge is 0.507 e. The van der Waals surface area contributed by atoms with Crippen molar-refractivity contribution in [1.29, 1.82) is 0 Å². The molecule has 0 radical (unpaired) electrons. The number of aliphatic carboxylic acids is 1. The zero-order valence-corrected chi connectivity index (χ0v) is 32.9. The quantitative estimate of drug-likeness (QED) is 0.0828. The van der Waals surface area contributed by atoms with Crippen LogP contribution in [0.25, 0.3) is 44.6 Å². The molecule has 62 heavy (non-hydrogen) atoms. The smallest absolute Gasteiger partial charge is 0.377 e. The summed E-state index contributed by atoms with van der Waals surface area (Å²) in [6, 6.07) is 16.6. The standard InChI is InChI=1S/C43H39NO18/c1-19(46)44-37-28(50)17-43(42(54)55,62-41(37)38(52)29(51)18-45)61-34-16-33-36(27(49)15-31(60-33)20-4-8-22(56-2)9-5-20)39(53)40(34)58-23-10-6-21(7-11-23)30-14-26(48)35-25(47)12-24(57-3)13-32(35)59-30/h4-16,28-29,37-38,41,45,47,50-53H,17-18H2,1-3H3,(H,44,46)(H,54,55)/t28-,29+,37+,38+,41+,43+/m0/s1. The van der Waals surface area contributed by atoms with Crippen LogP contribution in [0, 0.1) is 0 Å². The first-order valence-electron chi connectivity index (χ1n) is 18.7. The summed E-state index contributed by atoms with van der Waals surface area (Å²) in [4.78, 5) is 51.9. The van der Waals surface area contributed by atoms with Crippen LogP contribution in [0.2, 0.25) is 0 Å². The van der Waals surface area contributed by atoms with Crippen molar-refractivity contribution in [2.24, 2.45) is 0 Å². The Hall–Kier alpha value is -7.16. The lowest BCUT2D eigenvalue weighted by atomic mass is 9.88. The van der Waals surface area contributed by atoms with Crippen molar-refractivity contribution in [1.82, 2.24) is 5.32 Å². The van der Waals surface area contributed by atoms with Crippen LogP contribution in [-0.2, 0) is 14.3 Å². The lowest BCUT2D eigenvalue weighted by Gasteiger charge is -2.46. The van der Waals surface area contributed by atoms with Gasteiger partial charge in [0.15, 0.2) is 22.4 Å². The zero-order chi connectivity index (χ0) is 44.6. The molecule has 2 aromatic heterocycles. The molecule has 0 spiro atoms. The van der Waals surface area contributed by atoms with Gasteiger partial charge in [0.2, 0.25) is 11.7 Å². The van der Waals surface area contributed by atoms with E-state index >= 15 is 0 Å². The number of benzene rings is 4. The Morgan fingerprint density at radius 1 is 0.823 bits per heavy atom. The number of fused-ring (bicyclic) bond motifs is 2. The van der Waals surface area contributed by atoms with E-state index in [1.165, 1.54) is 50.6 Å². The molecule has 0 aliphatic carbocycles. The molecular weight excluding hydrogens is 818 g/mol. The lowest BCUT2D eigenvalue weighted by molar-refractivity contribution is -0.284. The molecule has 324 valence electrons. The minimum absolute atomic E-state index is 0.0189. The molecule has 1 fully saturated rings. The number of methoxy groups -OCH3 is 2. The van der Waals surface area contributed by atoms with Crippen LogP contribution in [0.4, 0.5) is 0 Å². The van der Waals surface area contributed by atoms with Crippen LogP contribution < -0.4 is 35.1 Å². The summed E-state index contributed by atoms with van der Waals surface area (Å²) in [6.07, 6.45) is -8.73. The van der Waals surface area contributed by atoms with Crippen LogP contribution in [0.15, 0.2) is 97.3 Å². The second-order valence-electron chi connectivity index (χ2n) is 14.2. The predicted molar refractivity (Wildman–Crippen MR) is 216 cm³/mol. The summed E-state index contributed by atoms with van der Waals surface area (Å²) < 4.78 is 40.2. The number of nitrogens with one attached hydrogen (secondary N) is 1. The van der Waals surface area contributed by atoms with Crippen molar-refractivity contribution in [3.05, 3.63) is 99.3 Å². The van der Waals surface area contributed by atoms with Gasteiger partial charge in [-0.05, 0) is 48.5 Å². The van der Waals surface area contributed by atoms with Crippen LogP contribution in [-0.4, -0.2) is 105 Å². The summed E-state index contributed by atoms with van der Waals surface area (Å²) >= 11 is 0. The van der Waals surface area contributed by atoms with Crippen LogP contribution >= 0.6 is 0 Å². The SMILES string of the molecule is COc1ccc(-c2cc(=O)c3c(O)c(Oc4ccc(-c5cc(=O)c6c(O)cc(OC)cc6o5)cc4)c(O[C@]4(C(=O)O)C[C@H](O)[C@@H](NC(C)=O)[C@H]([C@H](O)[C@H](O)CO)O4)cc3o2)cc1. The van der Waals surface area contributed by atoms with E-state index in [9.17, 15) is 54.9 Å². The Kier molecular flexibility index (Phi) is 11.8. The number of rotatable bonds is 13. The minimum Gasteiger partial charge on any atom is -0.507 e. The van der Waals surface area contributed by atoms with E-state index in [1.807, 2.05) is 0 Å². The molecule has 19 nitrogen and oxygen atoms in total. The fourth-order valence-electron chi connectivity index (χ4n) is 7.05. The number of carbonyl (C=O) groups is 2. The van der Waals surface area contributed by atoms with Crippen LogP contribution in [0.3, 0.4) is 0 Å². The topological polar surface area (TPSA) is 294 Å². The molecule has 1 saturated heterocycles. The van der Waals surface area contributed by atoms with Gasteiger partial charge < -0.3 is 73.6 Å². The van der Waals surface area contributed by atoms with Crippen molar-refractivity contribution in [3.8, 4) is 62.9 Å². The highest BCUT2D eigenvalue weighted by molar-refractivity contribution is 5.90.